The largest absolute Gasteiger partial charge is 0.491 e. The number of rotatable bonds is 8. The number of ketones is 1. The highest BCUT2D eigenvalue weighted by Gasteiger charge is 2.13. The zero-order chi connectivity index (χ0) is 19.2. The molecule has 1 aromatic heterocycles. The second-order valence-electron chi connectivity index (χ2n) is 6.43. The summed E-state index contributed by atoms with van der Waals surface area (Å²) in [7, 11) is 0. The molecule has 1 amide bonds. The van der Waals surface area contributed by atoms with E-state index >= 15 is 0 Å². The number of ether oxygens (including phenoxy) is 1. The standard InChI is InChI=1S/C22H23NO3S/c1-15-14-19(16(2)27-15)20(24)10-11-22(25)23-12-13-26-21-9-5-7-17-6-3-4-8-18(17)21/h3-9,14H,10-13H2,1-2H3,(H,23,25). The Balaban J connectivity index is 1.42. The van der Waals surface area contributed by atoms with Gasteiger partial charge in [0.05, 0.1) is 6.54 Å². The maximum Gasteiger partial charge on any atom is 0.220 e. The van der Waals surface area contributed by atoms with E-state index in [0.29, 0.717) is 13.2 Å². The first-order chi connectivity index (χ1) is 13.0. The number of Topliss-reactive ketones (excluding diaryl/α,β-unsaturated/α-hetero) is 1. The van der Waals surface area contributed by atoms with Gasteiger partial charge in [-0.05, 0) is 31.4 Å². The van der Waals surface area contributed by atoms with Gasteiger partial charge < -0.3 is 10.1 Å². The van der Waals surface area contributed by atoms with Crippen molar-refractivity contribution in [2.45, 2.75) is 26.7 Å². The fraction of sp³-hybridized carbons (Fsp3) is 0.273. The first-order valence-corrected chi connectivity index (χ1v) is 9.84. The second-order valence-corrected chi connectivity index (χ2v) is 7.89. The zero-order valence-corrected chi connectivity index (χ0v) is 16.4. The van der Waals surface area contributed by atoms with Gasteiger partial charge in [0.25, 0.3) is 0 Å². The second kappa shape index (κ2) is 8.82. The average molecular weight is 381 g/mol. The molecule has 3 rings (SSSR count). The summed E-state index contributed by atoms with van der Waals surface area (Å²) in [6, 6.07) is 15.8. The molecule has 0 unspecified atom stereocenters. The Morgan fingerprint density at radius 3 is 2.59 bits per heavy atom. The van der Waals surface area contributed by atoms with Crippen LogP contribution in [0, 0.1) is 13.8 Å². The zero-order valence-electron chi connectivity index (χ0n) is 15.6. The third kappa shape index (κ3) is 4.95. The average Bonchev–Trinajstić information content (AvgIpc) is 3.01. The van der Waals surface area contributed by atoms with Crippen molar-refractivity contribution in [2.75, 3.05) is 13.2 Å². The van der Waals surface area contributed by atoms with E-state index in [1.165, 1.54) is 0 Å². The van der Waals surface area contributed by atoms with E-state index in [9.17, 15) is 9.59 Å². The number of carbonyl (C=O) groups is 2. The van der Waals surface area contributed by atoms with Crippen LogP contribution in [-0.2, 0) is 4.79 Å². The van der Waals surface area contributed by atoms with Gasteiger partial charge in [-0.15, -0.1) is 11.3 Å². The topological polar surface area (TPSA) is 55.4 Å². The minimum atomic E-state index is -0.130. The number of benzene rings is 2. The van der Waals surface area contributed by atoms with Gasteiger partial charge in [0.1, 0.15) is 12.4 Å². The van der Waals surface area contributed by atoms with Crippen molar-refractivity contribution in [3.05, 3.63) is 63.8 Å². The smallest absolute Gasteiger partial charge is 0.220 e. The van der Waals surface area contributed by atoms with Crippen LogP contribution in [-0.4, -0.2) is 24.8 Å². The monoisotopic (exact) mass is 381 g/mol. The highest BCUT2D eigenvalue weighted by molar-refractivity contribution is 7.12. The molecule has 0 saturated carbocycles. The van der Waals surface area contributed by atoms with Crippen LogP contribution < -0.4 is 10.1 Å². The molecule has 0 aliphatic carbocycles. The summed E-state index contributed by atoms with van der Waals surface area (Å²) in [4.78, 5) is 26.3. The molecular weight excluding hydrogens is 358 g/mol. The summed E-state index contributed by atoms with van der Waals surface area (Å²) in [6.45, 7) is 4.72. The highest BCUT2D eigenvalue weighted by atomic mass is 32.1. The Labute approximate surface area is 163 Å². The molecule has 1 heterocycles. The lowest BCUT2D eigenvalue weighted by Crippen LogP contribution is -2.28. The molecule has 0 aliphatic rings. The van der Waals surface area contributed by atoms with Crippen LogP contribution in [0.1, 0.15) is 33.0 Å². The molecule has 140 valence electrons. The summed E-state index contributed by atoms with van der Waals surface area (Å²) >= 11 is 1.61. The van der Waals surface area contributed by atoms with E-state index < -0.39 is 0 Å². The van der Waals surface area contributed by atoms with Crippen molar-refractivity contribution in [3.63, 3.8) is 0 Å². The molecule has 3 aromatic rings. The summed E-state index contributed by atoms with van der Waals surface area (Å²) in [5.74, 6) is 0.703. The molecule has 2 aromatic carbocycles. The Morgan fingerprint density at radius 1 is 1.04 bits per heavy atom. The lowest BCUT2D eigenvalue weighted by atomic mass is 10.1. The summed E-state index contributed by atoms with van der Waals surface area (Å²) in [6.07, 6.45) is 0.425. The fourth-order valence-corrected chi connectivity index (χ4v) is 3.97. The van der Waals surface area contributed by atoms with Crippen LogP contribution in [0.2, 0.25) is 0 Å². The maximum absolute atomic E-state index is 12.2. The highest BCUT2D eigenvalue weighted by Crippen LogP contribution is 2.25. The predicted molar refractivity (Wildman–Crippen MR) is 110 cm³/mol. The molecule has 27 heavy (non-hydrogen) atoms. The molecule has 0 saturated heterocycles. The van der Waals surface area contributed by atoms with Gasteiger partial charge in [-0.25, -0.2) is 0 Å². The molecule has 0 radical (unpaired) electrons. The number of hydrogen-bond acceptors (Lipinski definition) is 4. The van der Waals surface area contributed by atoms with Gasteiger partial charge in [0, 0.05) is 33.5 Å². The molecule has 5 heteroatoms. The van der Waals surface area contributed by atoms with Gasteiger partial charge in [-0.2, -0.15) is 0 Å². The third-order valence-electron chi connectivity index (χ3n) is 4.35. The third-order valence-corrected chi connectivity index (χ3v) is 5.32. The van der Waals surface area contributed by atoms with Gasteiger partial charge in [-0.1, -0.05) is 36.4 Å². The minimum absolute atomic E-state index is 0.0269. The van der Waals surface area contributed by atoms with Crippen LogP contribution in [0.15, 0.2) is 48.5 Å². The number of carbonyl (C=O) groups excluding carboxylic acids is 2. The van der Waals surface area contributed by atoms with Crippen molar-refractivity contribution < 1.29 is 14.3 Å². The Morgan fingerprint density at radius 2 is 1.81 bits per heavy atom. The van der Waals surface area contributed by atoms with Gasteiger partial charge in [0.2, 0.25) is 5.91 Å². The normalized spacial score (nSPS) is 10.7. The SMILES string of the molecule is Cc1cc(C(=O)CCC(=O)NCCOc2cccc3ccccc23)c(C)s1. The molecule has 4 nitrogen and oxygen atoms in total. The van der Waals surface area contributed by atoms with Crippen molar-refractivity contribution in [1.29, 1.82) is 0 Å². The maximum atomic E-state index is 12.2. The van der Waals surface area contributed by atoms with E-state index in [1.54, 1.807) is 11.3 Å². The lowest BCUT2D eigenvalue weighted by molar-refractivity contribution is -0.121. The fourth-order valence-electron chi connectivity index (χ4n) is 3.03. The van der Waals surface area contributed by atoms with E-state index in [4.69, 9.17) is 4.74 Å². The summed E-state index contributed by atoms with van der Waals surface area (Å²) in [5.41, 5.74) is 0.740. The van der Waals surface area contributed by atoms with Crippen LogP contribution in [0.5, 0.6) is 5.75 Å². The minimum Gasteiger partial charge on any atom is -0.491 e. The van der Waals surface area contributed by atoms with E-state index in [1.807, 2.05) is 62.4 Å². The van der Waals surface area contributed by atoms with E-state index in [-0.39, 0.29) is 24.5 Å². The van der Waals surface area contributed by atoms with Crippen molar-refractivity contribution in [2.24, 2.45) is 0 Å². The van der Waals surface area contributed by atoms with Crippen LogP contribution in [0.3, 0.4) is 0 Å². The van der Waals surface area contributed by atoms with Crippen molar-refractivity contribution >= 4 is 33.8 Å². The Hall–Kier alpha value is -2.66. The quantitative estimate of drug-likeness (QED) is 0.455. The van der Waals surface area contributed by atoms with Crippen molar-refractivity contribution in [1.82, 2.24) is 5.32 Å². The first-order valence-electron chi connectivity index (χ1n) is 9.02. The summed E-state index contributed by atoms with van der Waals surface area (Å²) < 4.78 is 5.80. The number of amides is 1. The number of hydrogen-bond donors (Lipinski definition) is 1. The Kier molecular flexibility index (Phi) is 6.24. The predicted octanol–water partition coefficient (Wildman–Crippen LogP) is 4.68. The molecule has 0 atom stereocenters. The molecule has 0 aliphatic heterocycles. The lowest BCUT2D eigenvalue weighted by Gasteiger charge is -2.10. The molecule has 0 bridgehead atoms. The first kappa shape index (κ1) is 19.1. The number of thiophene rings is 1. The number of aryl methyl sites for hydroxylation is 2. The molecular formula is C22H23NO3S. The number of nitrogens with one attached hydrogen (secondary N) is 1. The van der Waals surface area contributed by atoms with Crippen molar-refractivity contribution in [3.8, 4) is 5.75 Å². The van der Waals surface area contributed by atoms with Crippen LogP contribution in [0.25, 0.3) is 10.8 Å². The Bertz CT molecular complexity index is 956. The molecule has 0 fully saturated rings. The van der Waals surface area contributed by atoms with Gasteiger partial charge in [0.15, 0.2) is 5.78 Å². The number of fused-ring (bicyclic) bond motifs is 1. The van der Waals surface area contributed by atoms with Gasteiger partial charge in [-0.3, -0.25) is 9.59 Å². The van der Waals surface area contributed by atoms with Crippen LogP contribution in [0.4, 0.5) is 0 Å². The molecule has 1 N–H and O–H groups in total. The van der Waals surface area contributed by atoms with E-state index in [2.05, 4.69) is 5.32 Å². The van der Waals surface area contributed by atoms with Crippen LogP contribution >= 0.6 is 11.3 Å². The molecule has 0 spiro atoms. The van der Waals surface area contributed by atoms with Gasteiger partial charge >= 0.3 is 0 Å². The van der Waals surface area contributed by atoms with E-state index in [0.717, 1.165) is 31.8 Å². The summed E-state index contributed by atoms with van der Waals surface area (Å²) in [5, 5.41) is 4.99.